The van der Waals surface area contributed by atoms with Crippen LogP contribution in [0.3, 0.4) is 0 Å². The molecular weight excluding hydrogens is 438 g/mol. The number of nitrogens with zero attached hydrogens (tertiary/aromatic N) is 4. The van der Waals surface area contributed by atoms with Gasteiger partial charge < -0.3 is 9.30 Å². The number of benzene rings is 2. The van der Waals surface area contributed by atoms with Gasteiger partial charge in [-0.25, -0.2) is 18.6 Å². The zero-order valence-electron chi connectivity index (χ0n) is 17.0. The maximum Gasteiger partial charge on any atom is 0.415 e. The Hall–Kier alpha value is -3.18. The van der Waals surface area contributed by atoms with Crippen LogP contribution in [0, 0.1) is 17.2 Å². The quantitative estimate of drug-likeness (QED) is 0.529. The van der Waals surface area contributed by atoms with Crippen molar-refractivity contribution in [2.45, 2.75) is 37.3 Å². The Kier molecular flexibility index (Phi) is 4.82. The second-order valence-corrected chi connectivity index (χ2v) is 8.87. The van der Waals surface area contributed by atoms with Crippen molar-refractivity contribution in [3.05, 3.63) is 59.4 Å². The lowest BCUT2D eigenvalue weighted by atomic mass is 9.75. The molecule has 6 nitrogen and oxygen atoms in total. The first-order valence-electron chi connectivity index (χ1n) is 10.3. The predicted molar refractivity (Wildman–Crippen MR) is 115 cm³/mol. The number of carbonyl (C=O) groups is 1. The minimum atomic E-state index is -2.92. The molecule has 9 heteroatoms. The van der Waals surface area contributed by atoms with E-state index in [1.165, 1.54) is 11.2 Å². The standard InChI is InChI=1S/C23H19ClF2N4O2/c24-17-3-1-2-4-19(17)30-13-22(32-21(30)31)7-8-23(25,26)16(10-22)12-29-14-28-18-6-5-15(11-27)9-20(18)29/h1-6,9,14,16H,7-8,10,12-13H2/t16?,22-/m1/s1. The first-order valence-corrected chi connectivity index (χ1v) is 10.7. The minimum Gasteiger partial charge on any atom is -0.441 e. The number of nitriles is 1. The summed E-state index contributed by atoms with van der Waals surface area (Å²) in [7, 11) is 0. The molecule has 1 amide bonds. The number of carbonyl (C=O) groups excluding carboxylic acids is 1. The molecule has 1 saturated carbocycles. The summed E-state index contributed by atoms with van der Waals surface area (Å²) in [5.74, 6) is -3.97. The van der Waals surface area contributed by atoms with E-state index in [4.69, 9.17) is 16.3 Å². The number of fused-ring (bicyclic) bond motifs is 1. The van der Waals surface area contributed by atoms with Crippen LogP contribution in [0.1, 0.15) is 24.8 Å². The van der Waals surface area contributed by atoms with Crippen molar-refractivity contribution in [1.29, 1.82) is 5.26 Å². The fraction of sp³-hybridized carbons (Fsp3) is 0.348. The molecule has 2 aromatic carbocycles. The molecule has 1 spiro atoms. The summed E-state index contributed by atoms with van der Waals surface area (Å²) in [5, 5.41) is 9.57. The molecule has 0 N–H and O–H groups in total. The van der Waals surface area contributed by atoms with Crippen LogP contribution in [0.5, 0.6) is 0 Å². The van der Waals surface area contributed by atoms with Crippen LogP contribution < -0.4 is 4.90 Å². The molecule has 32 heavy (non-hydrogen) atoms. The van der Waals surface area contributed by atoms with Crippen molar-refractivity contribution >= 4 is 34.4 Å². The van der Waals surface area contributed by atoms with E-state index >= 15 is 0 Å². The van der Waals surface area contributed by atoms with Crippen molar-refractivity contribution in [3.8, 4) is 6.07 Å². The lowest BCUT2D eigenvalue weighted by Gasteiger charge is -2.40. The topological polar surface area (TPSA) is 71.2 Å². The Morgan fingerprint density at radius 2 is 2.06 bits per heavy atom. The van der Waals surface area contributed by atoms with Gasteiger partial charge in [-0.05, 0) is 43.2 Å². The van der Waals surface area contributed by atoms with E-state index < -0.39 is 23.5 Å². The number of hydrogen-bond acceptors (Lipinski definition) is 4. The maximum absolute atomic E-state index is 15.0. The van der Waals surface area contributed by atoms with Gasteiger partial charge in [0, 0.05) is 18.9 Å². The number of halogens is 3. The highest BCUT2D eigenvalue weighted by Crippen LogP contribution is 2.48. The van der Waals surface area contributed by atoms with Gasteiger partial charge in [0.2, 0.25) is 0 Å². The number of anilines is 1. The first-order chi connectivity index (χ1) is 15.3. The van der Waals surface area contributed by atoms with Gasteiger partial charge in [-0.1, -0.05) is 23.7 Å². The van der Waals surface area contributed by atoms with Crippen LogP contribution in [-0.2, 0) is 11.3 Å². The van der Waals surface area contributed by atoms with Crippen molar-refractivity contribution in [2.24, 2.45) is 5.92 Å². The van der Waals surface area contributed by atoms with Gasteiger partial charge in [-0.15, -0.1) is 0 Å². The maximum atomic E-state index is 15.0. The van der Waals surface area contributed by atoms with E-state index in [-0.39, 0.29) is 32.4 Å². The fourth-order valence-corrected chi connectivity index (χ4v) is 4.96. The van der Waals surface area contributed by atoms with Gasteiger partial charge in [-0.2, -0.15) is 5.26 Å². The summed E-state index contributed by atoms with van der Waals surface area (Å²) in [6.07, 6.45) is 0.655. The Labute approximate surface area is 188 Å². The Bertz CT molecular complexity index is 1250. The van der Waals surface area contributed by atoms with Gasteiger partial charge in [0.15, 0.2) is 0 Å². The molecule has 1 unspecified atom stereocenters. The molecule has 1 aromatic heterocycles. The van der Waals surface area contributed by atoms with Gasteiger partial charge in [-0.3, -0.25) is 4.90 Å². The molecular formula is C23H19ClF2N4O2. The average molecular weight is 457 g/mol. The Morgan fingerprint density at radius 3 is 2.84 bits per heavy atom. The third kappa shape index (κ3) is 3.47. The molecule has 5 rings (SSSR count). The highest BCUT2D eigenvalue weighted by Gasteiger charge is 2.56. The molecule has 1 saturated heterocycles. The Morgan fingerprint density at radius 1 is 1.25 bits per heavy atom. The predicted octanol–water partition coefficient (Wildman–Crippen LogP) is 5.39. The van der Waals surface area contributed by atoms with Crippen LogP contribution >= 0.6 is 11.6 Å². The van der Waals surface area contributed by atoms with Crippen LogP contribution in [0.2, 0.25) is 5.02 Å². The highest BCUT2D eigenvalue weighted by atomic mass is 35.5. The fourth-order valence-electron chi connectivity index (χ4n) is 4.72. The number of para-hydroxylation sites is 1. The molecule has 2 aliphatic rings. The molecule has 0 bridgehead atoms. The normalized spacial score (nSPS) is 24.6. The highest BCUT2D eigenvalue weighted by molar-refractivity contribution is 6.33. The van der Waals surface area contributed by atoms with E-state index in [2.05, 4.69) is 11.1 Å². The zero-order valence-corrected chi connectivity index (χ0v) is 17.7. The van der Waals surface area contributed by atoms with Crippen LogP contribution in [0.4, 0.5) is 19.3 Å². The summed E-state index contributed by atoms with van der Waals surface area (Å²) in [6.45, 7) is 0.176. The van der Waals surface area contributed by atoms with Gasteiger partial charge in [0.1, 0.15) is 5.60 Å². The number of rotatable bonds is 3. The van der Waals surface area contributed by atoms with Crippen molar-refractivity contribution in [3.63, 3.8) is 0 Å². The third-order valence-corrected chi connectivity index (χ3v) is 6.73. The number of hydrogen-bond donors (Lipinski definition) is 0. The average Bonchev–Trinajstić information content (AvgIpc) is 3.32. The van der Waals surface area contributed by atoms with E-state index in [0.717, 1.165) is 0 Å². The van der Waals surface area contributed by atoms with Gasteiger partial charge >= 0.3 is 6.09 Å². The summed E-state index contributed by atoms with van der Waals surface area (Å²) in [6, 6.07) is 14.0. The lowest BCUT2D eigenvalue weighted by molar-refractivity contribution is -0.139. The van der Waals surface area contributed by atoms with Crippen molar-refractivity contribution in [1.82, 2.24) is 9.55 Å². The number of alkyl halides is 2. The summed E-state index contributed by atoms with van der Waals surface area (Å²) in [4.78, 5) is 18.3. The zero-order chi connectivity index (χ0) is 22.5. The second-order valence-electron chi connectivity index (χ2n) is 8.46. The first kappa shape index (κ1) is 20.7. The summed E-state index contributed by atoms with van der Waals surface area (Å²) < 4.78 is 37.3. The summed E-state index contributed by atoms with van der Waals surface area (Å²) >= 11 is 6.24. The minimum absolute atomic E-state index is 0.00375. The lowest BCUT2D eigenvalue weighted by Crippen LogP contribution is -2.48. The molecule has 1 aliphatic carbocycles. The molecule has 3 aromatic rings. The number of amides is 1. The number of aromatic nitrogens is 2. The van der Waals surface area contributed by atoms with E-state index in [1.54, 1.807) is 47.0 Å². The molecule has 2 heterocycles. The second kappa shape index (κ2) is 7.45. The van der Waals surface area contributed by atoms with Crippen molar-refractivity contribution < 1.29 is 18.3 Å². The number of imidazole rings is 1. The van der Waals surface area contributed by atoms with E-state index in [9.17, 15) is 18.8 Å². The Balaban J connectivity index is 1.43. The third-order valence-electron chi connectivity index (χ3n) is 6.41. The van der Waals surface area contributed by atoms with Gasteiger partial charge in [0.05, 0.1) is 46.2 Å². The largest absolute Gasteiger partial charge is 0.441 e. The SMILES string of the molecule is N#Cc1ccc2ncn(CC3C[C@]4(CCC3(F)F)CN(c3ccccc3Cl)C(=O)O4)c2c1. The van der Waals surface area contributed by atoms with Gasteiger partial charge in [0.25, 0.3) is 5.92 Å². The van der Waals surface area contributed by atoms with E-state index in [0.29, 0.717) is 27.3 Å². The molecule has 1 aliphatic heterocycles. The van der Waals surface area contributed by atoms with Crippen LogP contribution in [0.25, 0.3) is 11.0 Å². The molecule has 0 radical (unpaired) electrons. The van der Waals surface area contributed by atoms with Crippen LogP contribution in [-0.4, -0.2) is 33.7 Å². The molecule has 2 atom stereocenters. The van der Waals surface area contributed by atoms with Crippen LogP contribution in [0.15, 0.2) is 48.8 Å². The molecule has 2 fully saturated rings. The van der Waals surface area contributed by atoms with E-state index in [1.807, 2.05) is 0 Å². The summed E-state index contributed by atoms with van der Waals surface area (Å²) in [5.41, 5.74) is 1.20. The van der Waals surface area contributed by atoms with Crippen molar-refractivity contribution in [2.75, 3.05) is 11.4 Å². The number of ether oxygens (including phenoxy) is 1. The molecule has 164 valence electrons. The smallest absolute Gasteiger partial charge is 0.415 e. The monoisotopic (exact) mass is 456 g/mol.